The molecule has 110 valence electrons. The van der Waals surface area contributed by atoms with Crippen LogP contribution in [0.1, 0.15) is 17.2 Å². The van der Waals surface area contributed by atoms with E-state index in [1.807, 2.05) is 0 Å². The summed E-state index contributed by atoms with van der Waals surface area (Å²) in [5, 5.41) is 2.99. The quantitative estimate of drug-likeness (QED) is 0.830. The van der Waals surface area contributed by atoms with Crippen LogP contribution < -0.4 is 10.1 Å². The minimum absolute atomic E-state index is 0.0789. The van der Waals surface area contributed by atoms with E-state index >= 15 is 0 Å². The average Bonchev–Trinajstić information content (AvgIpc) is 2.42. The summed E-state index contributed by atoms with van der Waals surface area (Å²) in [5.41, 5.74) is 0.710. The van der Waals surface area contributed by atoms with Crippen LogP contribution in [-0.2, 0) is 0 Å². The Morgan fingerprint density at radius 2 is 1.90 bits per heavy atom. The van der Waals surface area contributed by atoms with Gasteiger partial charge in [0.05, 0.1) is 17.3 Å². The van der Waals surface area contributed by atoms with Crippen LogP contribution in [0, 0.1) is 24.4 Å². The van der Waals surface area contributed by atoms with Gasteiger partial charge in [-0.2, -0.15) is 0 Å². The Balaban J connectivity index is 1.98. The highest BCUT2D eigenvalue weighted by molar-refractivity contribution is 6.32. The first-order valence-corrected chi connectivity index (χ1v) is 6.68. The lowest BCUT2D eigenvalue weighted by molar-refractivity contribution is 0.204. The fraction of sp³-hybridized carbons (Fsp3) is 0.200. The molecule has 0 aromatic heterocycles. The second kappa shape index (κ2) is 5.15. The van der Waals surface area contributed by atoms with Crippen molar-refractivity contribution in [2.45, 2.75) is 13.0 Å². The number of halogens is 4. The highest BCUT2D eigenvalue weighted by Crippen LogP contribution is 2.41. The second-order valence-electron chi connectivity index (χ2n) is 4.87. The number of aryl methyl sites for hydroxylation is 1. The fourth-order valence-corrected chi connectivity index (χ4v) is 2.53. The normalized spacial score (nSPS) is 16.9. The summed E-state index contributed by atoms with van der Waals surface area (Å²) in [6.07, 6.45) is -0.740. The minimum atomic E-state index is -0.740. The molecular formula is C15H11ClF3NO. The van der Waals surface area contributed by atoms with Gasteiger partial charge in [-0.05, 0) is 30.7 Å². The van der Waals surface area contributed by atoms with Crippen molar-refractivity contribution >= 4 is 17.3 Å². The van der Waals surface area contributed by atoms with Crippen molar-refractivity contribution < 1.29 is 17.9 Å². The summed E-state index contributed by atoms with van der Waals surface area (Å²) >= 11 is 5.92. The van der Waals surface area contributed by atoms with E-state index in [9.17, 15) is 13.2 Å². The Morgan fingerprint density at radius 1 is 1.14 bits per heavy atom. The number of rotatable bonds is 1. The Kier molecular flexibility index (Phi) is 3.45. The number of nitrogens with one attached hydrogen (secondary N) is 1. The summed E-state index contributed by atoms with van der Waals surface area (Å²) in [7, 11) is 0. The Hall–Kier alpha value is -1.88. The van der Waals surface area contributed by atoms with E-state index in [1.54, 1.807) is 0 Å². The monoisotopic (exact) mass is 313 g/mol. The van der Waals surface area contributed by atoms with E-state index in [0.29, 0.717) is 5.69 Å². The molecule has 1 aliphatic rings. The van der Waals surface area contributed by atoms with E-state index in [-0.39, 0.29) is 28.4 Å². The minimum Gasteiger partial charge on any atom is -0.480 e. The van der Waals surface area contributed by atoms with Crippen molar-refractivity contribution in [1.82, 2.24) is 0 Å². The molecule has 3 rings (SSSR count). The van der Waals surface area contributed by atoms with Crippen molar-refractivity contribution in [3.8, 4) is 5.75 Å². The Morgan fingerprint density at radius 3 is 2.67 bits per heavy atom. The molecule has 0 radical (unpaired) electrons. The number of hydrogen-bond acceptors (Lipinski definition) is 2. The molecule has 1 N–H and O–H groups in total. The highest BCUT2D eigenvalue weighted by atomic mass is 35.5. The van der Waals surface area contributed by atoms with Crippen LogP contribution in [0.25, 0.3) is 0 Å². The molecule has 2 aromatic rings. The molecule has 0 amide bonds. The number of fused-ring (bicyclic) bond motifs is 1. The molecule has 0 spiro atoms. The summed E-state index contributed by atoms with van der Waals surface area (Å²) in [6.45, 7) is 1.67. The molecule has 1 atom stereocenters. The van der Waals surface area contributed by atoms with Crippen LogP contribution in [0.4, 0.5) is 18.9 Å². The summed E-state index contributed by atoms with van der Waals surface area (Å²) in [6, 6.07) is 4.58. The van der Waals surface area contributed by atoms with Crippen LogP contribution in [0.15, 0.2) is 24.3 Å². The van der Waals surface area contributed by atoms with Gasteiger partial charge in [0.15, 0.2) is 5.75 Å². The van der Waals surface area contributed by atoms with Crippen LogP contribution >= 0.6 is 11.6 Å². The van der Waals surface area contributed by atoms with Gasteiger partial charge in [-0.25, -0.2) is 13.2 Å². The molecular weight excluding hydrogens is 303 g/mol. The largest absolute Gasteiger partial charge is 0.480 e. The average molecular weight is 314 g/mol. The maximum atomic E-state index is 14.0. The molecule has 1 aliphatic heterocycles. The van der Waals surface area contributed by atoms with Crippen LogP contribution in [0.2, 0.25) is 5.02 Å². The van der Waals surface area contributed by atoms with Gasteiger partial charge in [0.25, 0.3) is 0 Å². The standard InChI is InChI=1S/C15H11ClF3NO/c1-7-2-12(19)9(5-11(7)18)14-6-20-13-4-8(17)3-10(16)15(13)21-14/h2-5,14,20H,6H2,1H3. The topological polar surface area (TPSA) is 21.3 Å². The highest BCUT2D eigenvalue weighted by Gasteiger charge is 2.26. The Labute approximate surface area is 124 Å². The van der Waals surface area contributed by atoms with E-state index < -0.39 is 23.6 Å². The van der Waals surface area contributed by atoms with Gasteiger partial charge in [-0.15, -0.1) is 0 Å². The lowest BCUT2D eigenvalue weighted by Crippen LogP contribution is -2.25. The van der Waals surface area contributed by atoms with Crippen molar-refractivity contribution in [1.29, 1.82) is 0 Å². The SMILES string of the molecule is Cc1cc(F)c(C2CNc3cc(F)cc(Cl)c3O2)cc1F. The van der Waals surface area contributed by atoms with E-state index in [0.717, 1.165) is 18.2 Å². The zero-order valence-corrected chi connectivity index (χ0v) is 11.8. The molecule has 2 nitrogen and oxygen atoms in total. The Bertz CT molecular complexity index is 721. The van der Waals surface area contributed by atoms with Crippen molar-refractivity contribution in [2.24, 2.45) is 0 Å². The third kappa shape index (κ3) is 2.53. The third-order valence-corrected chi connectivity index (χ3v) is 3.65. The van der Waals surface area contributed by atoms with Crippen molar-refractivity contribution in [2.75, 3.05) is 11.9 Å². The van der Waals surface area contributed by atoms with Crippen molar-refractivity contribution in [3.05, 3.63) is 57.9 Å². The predicted molar refractivity (Wildman–Crippen MR) is 74.4 cm³/mol. The second-order valence-corrected chi connectivity index (χ2v) is 5.28. The summed E-state index contributed by atoms with van der Waals surface area (Å²) in [5.74, 6) is -1.33. The molecule has 0 saturated heterocycles. The first kappa shape index (κ1) is 14.1. The maximum absolute atomic E-state index is 14.0. The first-order chi connectivity index (χ1) is 9.95. The molecule has 1 heterocycles. The van der Waals surface area contributed by atoms with E-state index in [4.69, 9.17) is 16.3 Å². The first-order valence-electron chi connectivity index (χ1n) is 6.31. The van der Waals surface area contributed by atoms with Gasteiger partial charge in [0.1, 0.15) is 23.6 Å². The molecule has 0 bridgehead atoms. The number of benzene rings is 2. The van der Waals surface area contributed by atoms with Gasteiger partial charge >= 0.3 is 0 Å². The third-order valence-electron chi connectivity index (χ3n) is 3.37. The number of anilines is 1. The van der Waals surface area contributed by atoms with Crippen molar-refractivity contribution in [3.63, 3.8) is 0 Å². The zero-order chi connectivity index (χ0) is 15.1. The molecule has 0 saturated carbocycles. The number of ether oxygens (including phenoxy) is 1. The van der Waals surface area contributed by atoms with Gasteiger partial charge in [0.2, 0.25) is 0 Å². The lowest BCUT2D eigenvalue weighted by atomic mass is 10.0. The van der Waals surface area contributed by atoms with Gasteiger partial charge in [-0.3, -0.25) is 0 Å². The molecule has 1 unspecified atom stereocenters. The lowest BCUT2D eigenvalue weighted by Gasteiger charge is -2.28. The predicted octanol–water partition coefficient (Wildman–Crippen LogP) is 4.61. The van der Waals surface area contributed by atoms with Crippen LogP contribution in [0.5, 0.6) is 5.75 Å². The molecule has 0 aliphatic carbocycles. The molecule has 0 fully saturated rings. The van der Waals surface area contributed by atoms with Gasteiger partial charge in [-0.1, -0.05) is 11.6 Å². The van der Waals surface area contributed by atoms with E-state index in [1.165, 1.54) is 13.0 Å². The zero-order valence-electron chi connectivity index (χ0n) is 11.0. The smallest absolute Gasteiger partial charge is 0.162 e. The number of hydrogen-bond donors (Lipinski definition) is 1. The maximum Gasteiger partial charge on any atom is 0.162 e. The molecule has 21 heavy (non-hydrogen) atoms. The van der Waals surface area contributed by atoms with Crippen LogP contribution in [-0.4, -0.2) is 6.54 Å². The molecule has 2 aromatic carbocycles. The summed E-state index contributed by atoms with van der Waals surface area (Å²) < 4.78 is 46.5. The van der Waals surface area contributed by atoms with Gasteiger partial charge < -0.3 is 10.1 Å². The summed E-state index contributed by atoms with van der Waals surface area (Å²) in [4.78, 5) is 0. The van der Waals surface area contributed by atoms with E-state index in [2.05, 4.69) is 5.32 Å². The fourth-order valence-electron chi connectivity index (χ4n) is 2.28. The van der Waals surface area contributed by atoms with Gasteiger partial charge in [0, 0.05) is 11.6 Å². The molecule has 6 heteroatoms. The van der Waals surface area contributed by atoms with Crippen LogP contribution in [0.3, 0.4) is 0 Å².